The van der Waals surface area contributed by atoms with E-state index in [1.807, 2.05) is 12.1 Å². The number of fused-ring (bicyclic) bond motifs is 1. The standard InChI is InChI=1S/C14H9FO2/c15-11-3-1-2-9(6-11)10-4-5-14-12(7-10)13(16)8-17-14/h1-8,16H. The third-order valence-corrected chi connectivity index (χ3v) is 2.71. The summed E-state index contributed by atoms with van der Waals surface area (Å²) in [5, 5.41) is 10.2. The average Bonchev–Trinajstić information content (AvgIpc) is 2.71. The minimum Gasteiger partial charge on any atom is -0.504 e. The smallest absolute Gasteiger partial charge is 0.161 e. The van der Waals surface area contributed by atoms with Crippen molar-refractivity contribution in [3.05, 3.63) is 54.5 Å². The first-order chi connectivity index (χ1) is 8.24. The fourth-order valence-electron chi connectivity index (χ4n) is 1.86. The second kappa shape index (κ2) is 3.63. The molecule has 2 aromatic carbocycles. The van der Waals surface area contributed by atoms with Crippen molar-refractivity contribution in [1.29, 1.82) is 0 Å². The second-order valence-corrected chi connectivity index (χ2v) is 3.84. The Kier molecular flexibility index (Phi) is 2.11. The van der Waals surface area contributed by atoms with Crippen LogP contribution in [0, 0.1) is 5.82 Å². The SMILES string of the molecule is Oc1coc2ccc(-c3cccc(F)c3)cc12. The summed E-state index contributed by atoms with van der Waals surface area (Å²) in [6.45, 7) is 0. The van der Waals surface area contributed by atoms with Crippen molar-refractivity contribution in [2.45, 2.75) is 0 Å². The molecule has 0 fully saturated rings. The molecule has 2 nitrogen and oxygen atoms in total. The van der Waals surface area contributed by atoms with Gasteiger partial charge in [0.1, 0.15) is 17.7 Å². The zero-order chi connectivity index (χ0) is 11.8. The number of halogens is 1. The molecule has 1 N–H and O–H groups in total. The zero-order valence-corrected chi connectivity index (χ0v) is 8.85. The molecule has 1 aromatic heterocycles. The Morgan fingerprint density at radius 1 is 1.00 bits per heavy atom. The Morgan fingerprint density at radius 2 is 1.82 bits per heavy atom. The van der Waals surface area contributed by atoms with Crippen LogP contribution in [0.25, 0.3) is 22.1 Å². The summed E-state index contributed by atoms with van der Waals surface area (Å²) in [5.74, 6) is -0.183. The van der Waals surface area contributed by atoms with Crippen LogP contribution in [0.5, 0.6) is 5.75 Å². The van der Waals surface area contributed by atoms with Gasteiger partial charge in [0.15, 0.2) is 5.75 Å². The Labute approximate surface area is 96.9 Å². The van der Waals surface area contributed by atoms with E-state index in [1.54, 1.807) is 18.2 Å². The first-order valence-electron chi connectivity index (χ1n) is 5.20. The maximum atomic E-state index is 13.1. The minimum atomic E-state index is -0.279. The van der Waals surface area contributed by atoms with E-state index >= 15 is 0 Å². The van der Waals surface area contributed by atoms with Crippen molar-refractivity contribution in [1.82, 2.24) is 0 Å². The van der Waals surface area contributed by atoms with Crippen LogP contribution in [0.2, 0.25) is 0 Å². The molecule has 3 heteroatoms. The average molecular weight is 228 g/mol. The first kappa shape index (κ1) is 9.90. The van der Waals surface area contributed by atoms with Gasteiger partial charge < -0.3 is 9.52 Å². The molecule has 0 saturated carbocycles. The monoisotopic (exact) mass is 228 g/mol. The topological polar surface area (TPSA) is 33.4 Å². The summed E-state index contributed by atoms with van der Waals surface area (Å²) in [7, 11) is 0. The van der Waals surface area contributed by atoms with Gasteiger partial charge >= 0.3 is 0 Å². The molecule has 17 heavy (non-hydrogen) atoms. The molecule has 3 rings (SSSR count). The second-order valence-electron chi connectivity index (χ2n) is 3.84. The molecule has 0 bridgehead atoms. The van der Waals surface area contributed by atoms with Crippen molar-refractivity contribution in [3.8, 4) is 16.9 Å². The number of furan rings is 1. The highest BCUT2D eigenvalue weighted by atomic mass is 19.1. The van der Waals surface area contributed by atoms with Crippen molar-refractivity contribution in [3.63, 3.8) is 0 Å². The van der Waals surface area contributed by atoms with Crippen molar-refractivity contribution >= 4 is 11.0 Å². The molecule has 3 aromatic rings. The lowest BCUT2D eigenvalue weighted by Gasteiger charge is -2.01. The summed E-state index contributed by atoms with van der Waals surface area (Å²) in [4.78, 5) is 0. The van der Waals surface area contributed by atoms with Gasteiger partial charge in [0.05, 0.1) is 5.39 Å². The molecule has 84 valence electrons. The van der Waals surface area contributed by atoms with E-state index in [9.17, 15) is 9.50 Å². The van der Waals surface area contributed by atoms with E-state index in [0.717, 1.165) is 11.1 Å². The Hall–Kier alpha value is -2.29. The molecule has 0 aliphatic heterocycles. The van der Waals surface area contributed by atoms with E-state index in [2.05, 4.69) is 0 Å². The van der Waals surface area contributed by atoms with E-state index in [1.165, 1.54) is 18.4 Å². The molecule has 0 radical (unpaired) electrons. The molecule has 0 atom stereocenters. The van der Waals surface area contributed by atoms with Gasteiger partial charge in [0, 0.05) is 0 Å². The summed E-state index contributed by atoms with van der Waals surface area (Å²) < 4.78 is 18.3. The lowest BCUT2D eigenvalue weighted by molar-refractivity contribution is 0.464. The highest BCUT2D eigenvalue weighted by Crippen LogP contribution is 2.31. The first-order valence-corrected chi connectivity index (χ1v) is 5.20. The van der Waals surface area contributed by atoms with Crippen LogP contribution in [-0.4, -0.2) is 5.11 Å². The number of aromatic hydroxyl groups is 1. The van der Waals surface area contributed by atoms with Crippen molar-refractivity contribution in [2.24, 2.45) is 0 Å². The van der Waals surface area contributed by atoms with Crippen LogP contribution >= 0.6 is 0 Å². The Bertz CT molecular complexity index is 686. The molecular formula is C14H9FO2. The Morgan fingerprint density at radius 3 is 2.65 bits per heavy atom. The van der Waals surface area contributed by atoms with E-state index in [4.69, 9.17) is 4.42 Å². The molecule has 0 saturated heterocycles. The van der Waals surface area contributed by atoms with Gasteiger partial charge in [-0.3, -0.25) is 0 Å². The molecule has 0 aliphatic carbocycles. The van der Waals surface area contributed by atoms with Gasteiger partial charge in [0.25, 0.3) is 0 Å². The zero-order valence-electron chi connectivity index (χ0n) is 8.85. The summed E-state index contributed by atoms with van der Waals surface area (Å²) in [6, 6.07) is 11.7. The van der Waals surface area contributed by atoms with Gasteiger partial charge in [0.2, 0.25) is 0 Å². The molecule has 0 unspecified atom stereocenters. The summed E-state index contributed by atoms with van der Waals surface area (Å²) in [5.41, 5.74) is 2.23. The fourth-order valence-corrected chi connectivity index (χ4v) is 1.86. The highest BCUT2D eigenvalue weighted by Gasteiger charge is 2.06. The Balaban J connectivity index is 2.20. The lowest BCUT2D eigenvalue weighted by Crippen LogP contribution is -1.79. The van der Waals surface area contributed by atoms with Crippen LogP contribution in [0.1, 0.15) is 0 Å². The maximum Gasteiger partial charge on any atom is 0.161 e. The quantitative estimate of drug-likeness (QED) is 0.684. The maximum absolute atomic E-state index is 13.1. The van der Waals surface area contributed by atoms with Crippen LogP contribution in [0.4, 0.5) is 4.39 Å². The van der Waals surface area contributed by atoms with Crippen molar-refractivity contribution in [2.75, 3.05) is 0 Å². The third-order valence-electron chi connectivity index (χ3n) is 2.71. The van der Waals surface area contributed by atoms with E-state index in [0.29, 0.717) is 11.0 Å². The van der Waals surface area contributed by atoms with Crippen LogP contribution in [0.3, 0.4) is 0 Å². The van der Waals surface area contributed by atoms with Crippen molar-refractivity contribution < 1.29 is 13.9 Å². The van der Waals surface area contributed by atoms with Gasteiger partial charge in [-0.2, -0.15) is 0 Å². The van der Waals surface area contributed by atoms with Gasteiger partial charge in [-0.05, 0) is 35.4 Å². The number of benzene rings is 2. The van der Waals surface area contributed by atoms with E-state index in [-0.39, 0.29) is 11.6 Å². The van der Waals surface area contributed by atoms with Gasteiger partial charge in [-0.1, -0.05) is 18.2 Å². The normalized spacial score (nSPS) is 10.9. The molecule has 0 amide bonds. The predicted molar refractivity (Wildman–Crippen MR) is 63.3 cm³/mol. The van der Waals surface area contributed by atoms with E-state index < -0.39 is 0 Å². The van der Waals surface area contributed by atoms with Gasteiger partial charge in [-0.15, -0.1) is 0 Å². The fraction of sp³-hybridized carbons (Fsp3) is 0. The van der Waals surface area contributed by atoms with Crippen LogP contribution in [-0.2, 0) is 0 Å². The number of hydrogen-bond donors (Lipinski definition) is 1. The van der Waals surface area contributed by atoms with Crippen LogP contribution in [0.15, 0.2) is 53.1 Å². The summed E-state index contributed by atoms with van der Waals surface area (Å²) >= 11 is 0. The minimum absolute atomic E-state index is 0.0956. The van der Waals surface area contributed by atoms with Gasteiger partial charge in [-0.25, -0.2) is 4.39 Å². The molecule has 0 aliphatic rings. The molecule has 1 heterocycles. The number of rotatable bonds is 1. The summed E-state index contributed by atoms with van der Waals surface area (Å²) in [6.07, 6.45) is 1.29. The largest absolute Gasteiger partial charge is 0.504 e. The number of hydrogen-bond acceptors (Lipinski definition) is 2. The third kappa shape index (κ3) is 1.65. The van der Waals surface area contributed by atoms with Crippen LogP contribution < -0.4 is 0 Å². The lowest BCUT2D eigenvalue weighted by atomic mass is 10.0. The molecular weight excluding hydrogens is 219 g/mol. The highest BCUT2D eigenvalue weighted by molar-refractivity contribution is 5.88. The predicted octanol–water partition coefficient (Wildman–Crippen LogP) is 3.94. The molecule has 0 spiro atoms.